The molecule has 0 radical (unpaired) electrons. The van der Waals surface area contributed by atoms with Crippen LogP contribution in [0.3, 0.4) is 0 Å². The number of carbonyl (C=O) groups is 1. The van der Waals surface area contributed by atoms with Crippen LogP contribution in [-0.2, 0) is 9.53 Å². The van der Waals surface area contributed by atoms with Gasteiger partial charge in [-0.15, -0.1) is 0 Å². The lowest BCUT2D eigenvalue weighted by Gasteiger charge is -2.08. The molecular formula is C10H19NO2. The molecule has 0 aliphatic rings. The zero-order chi connectivity index (χ0) is 10.3. The van der Waals surface area contributed by atoms with Crippen molar-refractivity contribution in [1.82, 2.24) is 0 Å². The Morgan fingerprint density at radius 3 is 2.38 bits per heavy atom. The van der Waals surface area contributed by atoms with E-state index in [4.69, 9.17) is 4.74 Å². The van der Waals surface area contributed by atoms with Gasteiger partial charge in [0.2, 0.25) is 0 Å². The van der Waals surface area contributed by atoms with Crippen LogP contribution in [0.5, 0.6) is 0 Å². The molecule has 0 aromatic rings. The summed E-state index contributed by atoms with van der Waals surface area (Å²) in [5, 5.41) is 0. The van der Waals surface area contributed by atoms with Crippen LogP contribution in [0.2, 0.25) is 0 Å². The van der Waals surface area contributed by atoms with Crippen molar-refractivity contribution in [3.63, 3.8) is 0 Å². The molecule has 13 heavy (non-hydrogen) atoms. The van der Waals surface area contributed by atoms with E-state index in [0.29, 0.717) is 18.7 Å². The van der Waals surface area contributed by atoms with Crippen LogP contribution in [-0.4, -0.2) is 24.3 Å². The number of ether oxygens (including phenoxy) is 1. The summed E-state index contributed by atoms with van der Waals surface area (Å²) in [7, 11) is 0. The molecule has 0 amide bonds. The summed E-state index contributed by atoms with van der Waals surface area (Å²) in [5.41, 5.74) is 0.551. The molecule has 3 nitrogen and oxygen atoms in total. The van der Waals surface area contributed by atoms with E-state index < -0.39 is 0 Å². The first-order chi connectivity index (χ1) is 6.11. The third-order valence-corrected chi connectivity index (χ3v) is 1.44. The molecular weight excluding hydrogens is 166 g/mol. The van der Waals surface area contributed by atoms with Gasteiger partial charge < -0.3 is 4.74 Å². The van der Waals surface area contributed by atoms with Crippen LogP contribution in [0.1, 0.15) is 40.5 Å². The summed E-state index contributed by atoms with van der Waals surface area (Å²) in [6.45, 7) is 8.33. The first-order valence-corrected chi connectivity index (χ1v) is 4.86. The highest BCUT2D eigenvalue weighted by Crippen LogP contribution is 1.96. The number of carbonyl (C=O) groups excluding carboxylic acids is 1. The Labute approximate surface area is 80.2 Å². The van der Waals surface area contributed by atoms with Gasteiger partial charge in [0.1, 0.15) is 5.71 Å². The lowest BCUT2D eigenvalue weighted by atomic mass is 10.3. The lowest BCUT2D eigenvalue weighted by Crippen LogP contribution is -2.20. The van der Waals surface area contributed by atoms with Crippen LogP contribution in [0.4, 0.5) is 0 Å². The zero-order valence-corrected chi connectivity index (χ0v) is 8.96. The molecule has 0 aromatic heterocycles. The number of nitrogens with zero attached hydrogens (tertiary/aromatic N) is 1. The molecule has 0 saturated carbocycles. The summed E-state index contributed by atoms with van der Waals surface area (Å²) in [4.78, 5) is 15.5. The Kier molecular flexibility index (Phi) is 6.20. The van der Waals surface area contributed by atoms with Gasteiger partial charge in [-0.1, -0.05) is 13.8 Å². The van der Waals surface area contributed by atoms with Gasteiger partial charge in [0.05, 0.1) is 6.10 Å². The lowest BCUT2D eigenvalue weighted by molar-refractivity contribution is -0.139. The van der Waals surface area contributed by atoms with Gasteiger partial charge in [-0.05, 0) is 26.7 Å². The van der Waals surface area contributed by atoms with E-state index in [1.54, 1.807) is 0 Å². The molecule has 0 aromatic carbocycles. The minimum atomic E-state index is -0.272. The van der Waals surface area contributed by atoms with E-state index in [0.717, 1.165) is 6.42 Å². The van der Waals surface area contributed by atoms with Crippen LogP contribution in [0.15, 0.2) is 4.99 Å². The third-order valence-electron chi connectivity index (χ3n) is 1.44. The van der Waals surface area contributed by atoms with Gasteiger partial charge in [0.15, 0.2) is 0 Å². The average Bonchev–Trinajstić information content (AvgIpc) is 2.04. The Bertz CT molecular complexity index is 185. The van der Waals surface area contributed by atoms with E-state index in [2.05, 4.69) is 4.99 Å². The molecule has 0 N–H and O–H groups in total. The van der Waals surface area contributed by atoms with Crippen molar-refractivity contribution in [2.45, 2.75) is 46.6 Å². The van der Waals surface area contributed by atoms with Crippen LogP contribution < -0.4 is 0 Å². The summed E-state index contributed by atoms with van der Waals surface area (Å²) >= 11 is 0. The van der Waals surface area contributed by atoms with Gasteiger partial charge in [0.25, 0.3) is 0 Å². The molecule has 0 aliphatic carbocycles. The Morgan fingerprint density at radius 2 is 2.00 bits per heavy atom. The highest BCUT2D eigenvalue weighted by atomic mass is 16.5. The van der Waals surface area contributed by atoms with Gasteiger partial charge in [0, 0.05) is 6.54 Å². The van der Waals surface area contributed by atoms with E-state index in [1.807, 2.05) is 27.7 Å². The van der Waals surface area contributed by atoms with Gasteiger partial charge in [-0.25, -0.2) is 4.79 Å². The van der Waals surface area contributed by atoms with Crippen LogP contribution >= 0.6 is 0 Å². The molecule has 0 saturated heterocycles. The quantitative estimate of drug-likeness (QED) is 0.486. The number of rotatable bonds is 5. The van der Waals surface area contributed by atoms with Crippen molar-refractivity contribution in [1.29, 1.82) is 0 Å². The monoisotopic (exact) mass is 185 g/mol. The maximum atomic E-state index is 11.3. The van der Waals surface area contributed by atoms with Crippen molar-refractivity contribution >= 4 is 11.7 Å². The predicted molar refractivity (Wildman–Crippen MR) is 54.1 cm³/mol. The molecule has 0 aliphatic heterocycles. The maximum Gasteiger partial charge on any atom is 0.352 e. The second-order valence-corrected chi connectivity index (χ2v) is 3.14. The van der Waals surface area contributed by atoms with Crippen LogP contribution in [0, 0.1) is 0 Å². The Hall–Kier alpha value is -0.860. The smallest absolute Gasteiger partial charge is 0.352 e. The number of esters is 1. The van der Waals surface area contributed by atoms with E-state index >= 15 is 0 Å². The fraction of sp³-hybridized carbons (Fsp3) is 0.800. The first-order valence-electron chi connectivity index (χ1n) is 4.86. The van der Waals surface area contributed by atoms with Crippen molar-refractivity contribution in [3.8, 4) is 0 Å². The summed E-state index contributed by atoms with van der Waals surface area (Å²) in [5.74, 6) is -0.272. The topological polar surface area (TPSA) is 38.7 Å². The molecule has 0 unspecified atom stereocenters. The number of hydrogen-bond donors (Lipinski definition) is 0. The predicted octanol–water partition coefficient (Wildman–Crippen LogP) is 2.20. The summed E-state index contributed by atoms with van der Waals surface area (Å²) in [6.07, 6.45) is 1.54. The minimum absolute atomic E-state index is 0.0640. The van der Waals surface area contributed by atoms with Crippen LogP contribution in [0.25, 0.3) is 0 Å². The molecule has 76 valence electrons. The summed E-state index contributed by atoms with van der Waals surface area (Å²) < 4.78 is 5.03. The van der Waals surface area contributed by atoms with E-state index in [9.17, 15) is 4.79 Å². The second-order valence-electron chi connectivity index (χ2n) is 3.14. The van der Waals surface area contributed by atoms with Crippen molar-refractivity contribution < 1.29 is 9.53 Å². The highest BCUT2D eigenvalue weighted by Gasteiger charge is 2.11. The highest BCUT2D eigenvalue weighted by molar-refractivity contribution is 6.36. The summed E-state index contributed by atoms with van der Waals surface area (Å²) in [6, 6.07) is 0. The number of hydrogen-bond acceptors (Lipinski definition) is 3. The van der Waals surface area contributed by atoms with Crippen molar-refractivity contribution in [2.24, 2.45) is 4.99 Å². The zero-order valence-electron chi connectivity index (χ0n) is 8.96. The maximum absolute atomic E-state index is 11.3. The molecule has 3 heteroatoms. The van der Waals surface area contributed by atoms with Crippen molar-refractivity contribution in [2.75, 3.05) is 6.54 Å². The van der Waals surface area contributed by atoms with Gasteiger partial charge in [-0.3, -0.25) is 4.99 Å². The largest absolute Gasteiger partial charge is 0.459 e. The van der Waals surface area contributed by atoms with Crippen molar-refractivity contribution in [3.05, 3.63) is 0 Å². The molecule has 0 fully saturated rings. The normalized spacial score (nSPS) is 11.9. The average molecular weight is 185 g/mol. The second kappa shape index (κ2) is 6.63. The minimum Gasteiger partial charge on any atom is -0.459 e. The van der Waals surface area contributed by atoms with Gasteiger partial charge in [-0.2, -0.15) is 0 Å². The molecule has 0 heterocycles. The Morgan fingerprint density at radius 1 is 1.38 bits per heavy atom. The number of aliphatic imine (C=N–C) groups is 1. The van der Waals surface area contributed by atoms with E-state index in [-0.39, 0.29) is 12.1 Å². The Balaban J connectivity index is 4.14. The molecule has 0 spiro atoms. The fourth-order valence-electron chi connectivity index (χ4n) is 0.850. The molecule has 0 rings (SSSR count). The first kappa shape index (κ1) is 12.1. The molecule has 0 atom stereocenters. The van der Waals surface area contributed by atoms with Gasteiger partial charge >= 0.3 is 5.97 Å². The third kappa shape index (κ3) is 5.39. The fourth-order valence-corrected chi connectivity index (χ4v) is 0.850. The molecule has 0 bridgehead atoms. The standard InChI is InChI=1S/C10H19NO2/c1-5-7-11-9(6-2)10(12)13-8(3)4/h8H,5-7H2,1-4H3. The SMILES string of the molecule is CCCN=C(CC)C(=O)OC(C)C. The van der Waals surface area contributed by atoms with E-state index in [1.165, 1.54) is 0 Å².